The number of carbonyl (C=O) groups is 3. The molecule has 2 bridgehead atoms. The van der Waals surface area contributed by atoms with Gasteiger partial charge in [-0.3, -0.25) is 15.0 Å². The van der Waals surface area contributed by atoms with Gasteiger partial charge in [0, 0.05) is 35.7 Å². The van der Waals surface area contributed by atoms with Crippen molar-refractivity contribution in [1.29, 1.82) is 0 Å². The molecule has 2 aliphatic rings. The minimum atomic E-state index is -0.879. The number of carbonyl (C=O) groups excluding carboxylic acids is 3. The predicted octanol–water partition coefficient (Wildman–Crippen LogP) is 7.19. The first-order valence-electron chi connectivity index (χ1n) is 13.4. The van der Waals surface area contributed by atoms with Gasteiger partial charge in [-0.1, -0.05) is 35.4 Å². The molecule has 0 aliphatic carbocycles. The number of hydrogen-bond acceptors (Lipinski definition) is 6. The lowest BCUT2D eigenvalue weighted by molar-refractivity contribution is -0.116. The summed E-state index contributed by atoms with van der Waals surface area (Å²) in [5.41, 5.74) is 1.26. The number of hydrogen-bond donors (Lipinski definition) is 3. The second kappa shape index (κ2) is 13.0. The molecule has 2 unspecified atom stereocenters. The Labute approximate surface area is 255 Å². The molecular weight excluding hydrogens is 607 g/mol. The summed E-state index contributed by atoms with van der Waals surface area (Å²) in [5, 5.41) is 5.33. The van der Waals surface area contributed by atoms with E-state index in [4.69, 9.17) is 32.9 Å². The number of benzene rings is 2. The van der Waals surface area contributed by atoms with Gasteiger partial charge in [0.2, 0.25) is 5.91 Å². The van der Waals surface area contributed by atoms with Crippen molar-refractivity contribution in [2.45, 2.75) is 37.6 Å². The zero-order valence-corrected chi connectivity index (χ0v) is 24.4. The highest BCUT2D eigenvalue weighted by Gasteiger charge is 2.35. The Morgan fingerprint density at radius 1 is 1.19 bits per heavy atom. The van der Waals surface area contributed by atoms with Crippen LogP contribution >= 0.6 is 23.2 Å². The molecule has 226 valence electrons. The third kappa shape index (κ3) is 6.60. The van der Waals surface area contributed by atoms with Crippen molar-refractivity contribution in [2.75, 3.05) is 30.9 Å². The molecule has 1 fully saturated rings. The Morgan fingerprint density at radius 2 is 2.00 bits per heavy atom. The fraction of sp³-hybridized carbons (Fsp3) is 0.310. The van der Waals surface area contributed by atoms with E-state index in [1.165, 1.54) is 12.0 Å². The van der Waals surface area contributed by atoms with Crippen LogP contribution in [-0.4, -0.2) is 53.2 Å². The van der Waals surface area contributed by atoms with Crippen molar-refractivity contribution in [3.63, 3.8) is 0 Å². The Balaban J connectivity index is 1.50. The maximum absolute atomic E-state index is 14.8. The quantitative estimate of drug-likeness (QED) is 0.207. The zero-order chi connectivity index (χ0) is 30.7. The molecule has 3 amide bonds. The fourth-order valence-electron chi connectivity index (χ4n) is 5.11. The van der Waals surface area contributed by atoms with Crippen LogP contribution in [0.2, 0.25) is 10.2 Å². The van der Waals surface area contributed by atoms with Crippen LogP contribution in [0.5, 0.6) is 0 Å². The van der Waals surface area contributed by atoms with Gasteiger partial charge in [-0.05, 0) is 49.6 Å². The lowest BCUT2D eigenvalue weighted by Crippen LogP contribution is -2.35. The first kappa shape index (κ1) is 30.3. The van der Waals surface area contributed by atoms with E-state index in [-0.39, 0.29) is 47.6 Å². The van der Waals surface area contributed by atoms with Crippen molar-refractivity contribution < 1.29 is 32.6 Å². The summed E-state index contributed by atoms with van der Waals surface area (Å²) in [6, 6.07) is 6.34. The molecule has 1 aromatic heterocycles. The van der Waals surface area contributed by atoms with E-state index in [0.717, 1.165) is 12.1 Å². The maximum Gasteiger partial charge on any atom is 0.411 e. The van der Waals surface area contributed by atoms with Crippen molar-refractivity contribution in [2.24, 2.45) is 0 Å². The lowest BCUT2D eigenvalue weighted by Gasteiger charge is -2.27. The predicted molar refractivity (Wildman–Crippen MR) is 156 cm³/mol. The third-order valence-corrected chi connectivity index (χ3v) is 7.83. The van der Waals surface area contributed by atoms with E-state index in [2.05, 4.69) is 20.4 Å². The number of H-pyrrole nitrogens is 1. The summed E-state index contributed by atoms with van der Waals surface area (Å²) in [6.07, 6.45) is 3.33. The molecule has 3 heterocycles. The Bertz CT molecular complexity index is 1600. The van der Waals surface area contributed by atoms with Crippen molar-refractivity contribution >= 4 is 52.7 Å². The minimum absolute atomic E-state index is 0.0975. The number of amides is 3. The largest absolute Gasteiger partial charge is 0.453 e. The highest BCUT2D eigenvalue weighted by molar-refractivity contribution is 6.32. The van der Waals surface area contributed by atoms with Crippen LogP contribution in [-0.2, 0) is 14.3 Å². The van der Waals surface area contributed by atoms with Gasteiger partial charge in [0.15, 0.2) is 0 Å². The Kier molecular flexibility index (Phi) is 9.16. The number of allylic oxidation sites excluding steroid dienone is 1. The first-order valence-corrected chi connectivity index (χ1v) is 14.2. The number of rotatable bonds is 3. The SMILES string of the molecule is COC(=O)Nc1ccc2c(c1)NC(=O)CCC=CCC(N1CCC(c3c(F)ccc(Cl)c3F)COC1=O)c1nc-2c(Cl)[nH]1. The van der Waals surface area contributed by atoms with E-state index in [9.17, 15) is 23.2 Å². The monoisotopic (exact) mass is 633 g/mol. The molecule has 3 N–H and O–H groups in total. The normalized spacial score (nSPS) is 19.1. The molecule has 0 saturated carbocycles. The van der Waals surface area contributed by atoms with Crippen molar-refractivity contribution in [3.05, 3.63) is 75.7 Å². The van der Waals surface area contributed by atoms with Gasteiger partial charge in [-0.25, -0.2) is 23.4 Å². The van der Waals surface area contributed by atoms with Gasteiger partial charge in [0.25, 0.3) is 0 Å². The summed E-state index contributed by atoms with van der Waals surface area (Å²) in [6.45, 7) is -0.139. The maximum atomic E-state index is 14.8. The summed E-state index contributed by atoms with van der Waals surface area (Å²) >= 11 is 12.5. The molecule has 14 heteroatoms. The molecule has 2 aliphatic heterocycles. The summed E-state index contributed by atoms with van der Waals surface area (Å²) in [4.78, 5) is 46.9. The second-order valence-electron chi connectivity index (χ2n) is 9.98. The molecule has 2 atom stereocenters. The van der Waals surface area contributed by atoms with Crippen LogP contribution in [0.15, 0.2) is 42.5 Å². The van der Waals surface area contributed by atoms with E-state index < -0.39 is 35.8 Å². The average Bonchev–Trinajstić information content (AvgIpc) is 3.26. The number of aromatic nitrogens is 2. The number of anilines is 2. The molecule has 3 aromatic rings. The highest BCUT2D eigenvalue weighted by Crippen LogP contribution is 2.38. The Hall–Kier alpha value is -4.16. The standard InChI is InChI=1S/C29H27Cl2F2N5O5/c1-42-28(40)34-16-7-8-17-20(13-16)35-22(39)6-4-2-3-5-21(27-36-25(17)26(31)37-27)38-12-11-15(14-43-29(38)41)23-19(32)10-9-18(30)24(23)33/h2-3,7-10,13,15,21H,4-6,11-12,14H2,1H3,(H,34,40)(H,35,39)(H,36,37). The molecule has 10 nitrogen and oxygen atoms in total. The smallest absolute Gasteiger partial charge is 0.411 e. The number of ether oxygens (including phenoxy) is 2. The summed E-state index contributed by atoms with van der Waals surface area (Å²) < 4.78 is 39.6. The van der Waals surface area contributed by atoms with Crippen molar-refractivity contribution in [3.8, 4) is 11.3 Å². The molecule has 43 heavy (non-hydrogen) atoms. The van der Waals surface area contributed by atoms with E-state index in [1.54, 1.807) is 18.2 Å². The molecule has 2 aromatic carbocycles. The highest BCUT2D eigenvalue weighted by atomic mass is 35.5. The Morgan fingerprint density at radius 3 is 2.79 bits per heavy atom. The lowest BCUT2D eigenvalue weighted by atomic mass is 9.95. The topological polar surface area (TPSA) is 126 Å². The summed E-state index contributed by atoms with van der Waals surface area (Å²) in [7, 11) is 1.23. The number of cyclic esters (lactones) is 1. The molecule has 0 radical (unpaired) electrons. The fourth-order valence-corrected chi connectivity index (χ4v) is 5.52. The number of imidazole rings is 1. The molecular formula is C29H27Cl2F2N5O5. The van der Waals surface area contributed by atoms with E-state index in [1.807, 2.05) is 12.2 Å². The van der Waals surface area contributed by atoms with Gasteiger partial charge >= 0.3 is 12.2 Å². The zero-order valence-electron chi connectivity index (χ0n) is 22.9. The second-order valence-corrected chi connectivity index (χ2v) is 10.8. The van der Waals surface area contributed by atoms with Crippen LogP contribution in [0, 0.1) is 11.6 Å². The number of methoxy groups -OCH3 is 1. The van der Waals surface area contributed by atoms with E-state index >= 15 is 0 Å². The van der Waals surface area contributed by atoms with Gasteiger partial charge in [-0.2, -0.15) is 0 Å². The molecule has 1 saturated heterocycles. The number of aromatic amines is 1. The van der Waals surface area contributed by atoms with Gasteiger partial charge in [-0.15, -0.1) is 0 Å². The summed E-state index contributed by atoms with van der Waals surface area (Å²) in [5.74, 6) is -2.34. The molecule has 5 rings (SSSR count). The van der Waals surface area contributed by atoms with Gasteiger partial charge < -0.3 is 19.8 Å². The minimum Gasteiger partial charge on any atom is -0.453 e. The number of halogens is 4. The van der Waals surface area contributed by atoms with Gasteiger partial charge in [0.1, 0.15) is 34.9 Å². The third-order valence-electron chi connectivity index (χ3n) is 7.26. The van der Waals surface area contributed by atoms with Crippen molar-refractivity contribution in [1.82, 2.24) is 14.9 Å². The average molecular weight is 634 g/mol. The van der Waals surface area contributed by atoms with Crippen LogP contribution in [0.3, 0.4) is 0 Å². The van der Waals surface area contributed by atoms with Crippen LogP contribution in [0.1, 0.15) is 49.0 Å². The van der Waals surface area contributed by atoms with E-state index in [0.29, 0.717) is 41.3 Å². The number of fused-ring (bicyclic) bond motifs is 4. The molecule has 0 spiro atoms. The first-order chi connectivity index (χ1) is 20.7. The van der Waals surface area contributed by atoms with Crippen LogP contribution < -0.4 is 10.6 Å². The van der Waals surface area contributed by atoms with Gasteiger partial charge in [0.05, 0.1) is 23.9 Å². The van der Waals surface area contributed by atoms with Crippen LogP contribution in [0.25, 0.3) is 11.3 Å². The number of nitrogens with zero attached hydrogens (tertiary/aromatic N) is 2. The van der Waals surface area contributed by atoms with Crippen LogP contribution in [0.4, 0.5) is 29.7 Å². The number of nitrogens with one attached hydrogen (secondary N) is 3.